The summed E-state index contributed by atoms with van der Waals surface area (Å²) < 4.78 is 1.10. The van der Waals surface area contributed by atoms with Crippen LogP contribution in [0.3, 0.4) is 0 Å². The molecule has 0 fully saturated rings. The van der Waals surface area contributed by atoms with E-state index < -0.39 is 0 Å². The van der Waals surface area contributed by atoms with Crippen molar-refractivity contribution in [2.24, 2.45) is 0 Å². The van der Waals surface area contributed by atoms with Crippen molar-refractivity contribution in [1.29, 1.82) is 0 Å². The van der Waals surface area contributed by atoms with Gasteiger partial charge in [0.2, 0.25) is 0 Å². The van der Waals surface area contributed by atoms with Gasteiger partial charge in [-0.3, -0.25) is 0 Å². The number of hydrogen-bond donors (Lipinski definition) is 1. The molecule has 100 valence electrons. The molecule has 4 heteroatoms. The lowest BCUT2D eigenvalue weighted by atomic mass is 10.1. The van der Waals surface area contributed by atoms with Gasteiger partial charge in [-0.2, -0.15) is 0 Å². The highest BCUT2D eigenvalue weighted by atomic mass is 79.9. The largest absolute Gasteiger partial charge is 0.316 e. The van der Waals surface area contributed by atoms with Crippen LogP contribution in [0.15, 0.2) is 28.7 Å². The van der Waals surface area contributed by atoms with Crippen molar-refractivity contribution in [3.8, 4) is 0 Å². The van der Waals surface area contributed by atoms with Crippen molar-refractivity contribution < 1.29 is 0 Å². The van der Waals surface area contributed by atoms with E-state index in [0.29, 0.717) is 0 Å². The van der Waals surface area contributed by atoms with E-state index in [0.717, 1.165) is 34.7 Å². The molecular formula is C15H18BrN3. The number of aromatic nitrogens is 2. The van der Waals surface area contributed by atoms with Gasteiger partial charge in [0.05, 0.1) is 0 Å². The Labute approximate surface area is 122 Å². The SMILES string of the molecule is CNCc1c(C)nc(Cc2ccccc2Br)nc1C. The molecule has 2 aromatic rings. The molecule has 1 aromatic heterocycles. The molecule has 0 radical (unpaired) electrons. The van der Waals surface area contributed by atoms with Gasteiger partial charge in [-0.05, 0) is 32.5 Å². The molecule has 0 aliphatic heterocycles. The Morgan fingerprint density at radius 1 is 1.11 bits per heavy atom. The van der Waals surface area contributed by atoms with Crippen LogP contribution in [0.1, 0.15) is 28.3 Å². The van der Waals surface area contributed by atoms with Crippen molar-refractivity contribution in [2.45, 2.75) is 26.8 Å². The molecule has 0 unspecified atom stereocenters. The summed E-state index contributed by atoms with van der Waals surface area (Å²) in [4.78, 5) is 9.23. The monoisotopic (exact) mass is 319 g/mol. The molecular weight excluding hydrogens is 302 g/mol. The lowest BCUT2D eigenvalue weighted by Crippen LogP contribution is -2.12. The zero-order valence-electron chi connectivity index (χ0n) is 11.5. The Hall–Kier alpha value is -1.26. The highest BCUT2D eigenvalue weighted by molar-refractivity contribution is 9.10. The summed E-state index contributed by atoms with van der Waals surface area (Å²) in [7, 11) is 1.94. The second kappa shape index (κ2) is 6.26. The van der Waals surface area contributed by atoms with Crippen LogP contribution >= 0.6 is 15.9 Å². The van der Waals surface area contributed by atoms with Crippen LogP contribution < -0.4 is 5.32 Å². The topological polar surface area (TPSA) is 37.8 Å². The number of rotatable bonds is 4. The third-order valence-corrected chi connectivity index (χ3v) is 3.90. The van der Waals surface area contributed by atoms with Crippen LogP contribution in [0.2, 0.25) is 0 Å². The molecule has 0 atom stereocenters. The highest BCUT2D eigenvalue weighted by Crippen LogP contribution is 2.19. The number of nitrogens with zero attached hydrogens (tertiary/aromatic N) is 2. The molecule has 0 amide bonds. The van der Waals surface area contributed by atoms with Crippen molar-refractivity contribution in [3.05, 3.63) is 57.1 Å². The molecule has 0 aliphatic rings. The Balaban J connectivity index is 2.30. The minimum Gasteiger partial charge on any atom is -0.316 e. The van der Waals surface area contributed by atoms with Gasteiger partial charge in [-0.1, -0.05) is 34.1 Å². The maximum atomic E-state index is 4.62. The molecule has 2 rings (SSSR count). The molecule has 0 saturated heterocycles. The first-order valence-corrected chi connectivity index (χ1v) is 7.12. The number of aryl methyl sites for hydroxylation is 2. The summed E-state index contributed by atoms with van der Waals surface area (Å²) in [6, 6.07) is 8.19. The average Bonchev–Trinajstić information content (AvgIpc) is 2.37. The number of benzene rings is 1. The van der Waals surface area contributed by atoms with E-state index in [-0.39, 0.29) is 0 Å². The lowest BCUT2D eigenvalue weighted by Gasteiger charge is -2.11. The van der Waals surface area contributed by atoms with Gasteiger partial charge >= 0.3 is 0 Å². The van der Waals surface area contributed by atoms with Gasteiger partial charge in [0, 0.05) is 34.4 Å². The Morgan fingerprint density at radius 3 is 2.32 bits per heavy atom. The average molecular weight is 320 g/mol. The number of nitrogens with one attached hydrogen (secondary N) is 1. The quantitative estimate of drug-likeness (QED) is 0.940. The van der Waals surface area contributed by atoms with Crippen molar-refractivity contribution in [1.82, 2.24) is 15.3 Å². The zero-order valence-corrected chi connectivity index (χ0v) is 13.1. The van der Waals surface area contributed by atoms with E-state index in [1.54, 1.807) is 0 Å². The third-order valence-electron chi connectivity index (χ3n) is 3.13. The molecule has 0 bridgehead atoms. The van der Waals surface area contributed by atoms with Gasteiger partial charge < -0.3 is 5.32 Å². The Morgan fingerprint density at radius 2 is 1.74 bits per heavy atom. The van der Waals surface area contributed by atoms with Crippen LogP contribution in [0.25, 0.3) is 0 Å². The fraction of sp³-hybridized carbons (Fsp3) is 0.333. The van der Waals surface area contributed by atoms with Gasteiger partial charge in [0.25, 0.3) is 0 Å². The smallest absolute Gasteiger partial charge is 0.133 e. The standard InChI is InChI=1S/C15H18BrN3/c1-10-13(9-17-3)11(2)19-15(18-10)8-12-6-4-5-7-14(12)16/h4-7,17H,8-9H2,1-3H3. The maximum Gasteiger partial charge on any atom is 0.133 e. The van der Waals surface area contributed by atoms with E-state index in [4.69, 9.17) is 0 Å². The van der Waals surface area contributed by atoms with Gasteiger partial charge in [0.1, 0.15) is 5.82 Å². The third kappa shape index (κ3) is 3.39. The fourth-order valence-corrected chi connectivity index (χ4v) is 2.56. The number of hydrogen-bond acceptors (Lipinski definition) is 3. The summed E-state index contributed by atoms with van der Waals surface area (Å²) in [5, 5.41) is 3.16. The van der Waals surface area contributed by atoms with Crippen LogP contribution in [0.5, 0.6) is 0 Å². The molecule has 0 spiro atoms. The first-order chi connectivity index (χ1) is 9.11. The van der Waals surface area contributed by atoms with Crippen molar-refractivity contribution >= 4 is 15.9 Å². The van der Waals surface area contributed by atoms with Crippen LogP contribution in [0.4, 0.5) is 0 Å². The van der Waals surface area contributed by atoms with E-state index in [2.05, 4.69) is 37.3 Å². The first kappa shape index (κ1) is 14.2. The minimum atomic E-state index is 0.753. The fourth-order valence-electron chi connectivity index (χ4n) is 2.13. The summed E-state index contributed by atoms with van der Waals surface area (Å²) in [5.74, 6) is 0.877. The van der Waals surface area contributed by atoms with Gasteiger partial charge in [-0.25, -0.2) is 9.97 Å². The van der Waals surface area contributed by atoms with Crippen LogP contribution in [0, 0.1) is 13.8 Å². The minimum absolute atomic E-state index is 0.753. The second-order valence-corrected chi connectivity index (χ2v) is 5.44. The predicted octanol–water partition coefficient (Wildman–Crippen LogP) is 3.17. The van der Waals surface area contributed by atoms with Crippen molar-refractivity contribution in [2.75, 3.05) is 7.05 Å². The Kier molecular flexibility index (Phi) is 4.66. The van der Waals surface area contributed by atoms with E-state index in [1.165, 1.54) is 11.1 Å². The summed E-state index contributed by atoms with van der Waals surface area (Å²) in [6.45, 7) is 4.91. The highest BCUT2D eigenvalue weighted by Gasteiger charge is 2.09. The molecule has 1 aromatic carbocycles. The second-order valence-electron chi connectivity index (χ2n) is 4.59. The van der Waals surface area contributed by atoms with E-state index in [1.807, 2.05) is 39.1 Å². The van der Waals surface area contributed by atoms with E-state index >= 15 is 0 Å². The first-order valence-electron chi connectivity index (χ1n) is 6.32. The molecule has 0 aliphatic carbocycles. The maximum absolute atomic E-state index is 4.62. The number of halogens is 1. The zero-order chi connectivity index (χ0) is 13.8. The van der Waals surface area contributed by atoms with Crippen molar-refractivity contribution in [3.63, 3.8) is 0 Å². The van der Waals surface area contributed by atoms with Crippen LogP contribution in [-0.4, -0.2) is 17.0 Å². The molecule has 3 nitrogen and oxygen atoms in total. The molecule has 1 heterocycles. The van der Waals surface area contributed by atoms with Gasteiger partial charge in [0.15, 0.2) is 0 Å². The lowest BCUT2D eigenvalue weighted by molar-refractivity contribution is 0.773. The summed E-state index contributed by atoms with van der Waals surface area (Å²) >= 11 is 3.56. The molecule has 1 N–H and O–H groups in total. The van der Waals surface area contributed by atoms with Gasteiger partial charge in [-0.15, -0.1) is 0 Å². The summed E-state index contributed by atoms with van der Waals surface area (Å²) in [5.41, 5.74) is 4.52. The molecule has 19 heavy (non-hydrogen) atoms. The normalized spacial score (nSPS) is 10.7. The van der Waals surface area contributed by atoms with Crippen LogP contribution in [-0.2, 0) is 13.0 Å². The Bertz CT molecular complexity index is 558. The molecule has 0 saturated carbocycles. The summed E-state index contributed by atoms with van der Waals surface area (Å²) in [6.07, 6.45) is 0.753. The predicted molar refractivity (Wildman–Crippen MR) is 81.2 cm³/mol. The van der Waals surface area contributed by atoms with E-state index in [9.17, 15) is 0 Å².